The average molecular weight is 246 g/mol. The molecule has 1 fully saturated rings. The van der Waals surface area contributed by atoms with Gasteiger partial charge in [-0.15, -0.1) is 5.10 Å². The Kier molecular flexibility index (Phi) is 3.10. The molecule has 2 aromatic heterocycles. The minimum Gasteiger partial charge on any atom is -0.308 e. The maximum Gasteiger partial charge on any atom is 0.0964 e. The molecule has 1 aliphatic rings. The number of rotatable bonds is 6. The maximum atomic E-state index is 4.25. The molecule has 6 heteroatoms. The van der Waals surface area contributed by atoms with E-state index in [4.69, 9.17) is 0 Å². The van der Waals surface area contributed by atoms with Gasteiger partial charge in [-0.1, -0.05) is 5.21 Å². The van der Waals surface area contributed by atoms with Crippen LogP contribution < -0.4 is 5.32 Å². The van der Waals surface area contributed by atoms with E-state index in [0.717, 1.165) is 25.3 Å². The van der Waals surface area contributed by atoms with Crippen molar-refractivity contribution < 1.29 is 0 Å². The van der Waals surface area contributed by atoms with Crippen LogP contribution in [0.1, 0.15) is 24.2 Å². The largest absolute Gasteiger partial charge is 0.308 e. The quantitative estimate of drug-likeness (QED) is 0.816. The van der Waals surface area contributed by atoms with E-state index in [-0.39, 0.29) is 0 Å². The molecule has 1 N–H and O–H groups in total. The van der Waals surface area contributed by atoms with Crippen LogP contribution in [0.4, 0.5) is 0 Å². The predicted octanol–water partition coefficient (Wildman–Crippen LogP) is 0.735. The molecule has 96 valence electrons. The van der Waals surface area contributed by atoms with Crippen LogP contribution in [0.25, 0.3) is 0 Å². The molecule has 0 spiro atoms. The van der Waals surface area contributed by atoms with E-state index in [0.29, 0.717) is 6.04 Å². The van der Waals surface area contributed by atoms with Crippen LogP contribution >= 0.6 is 0 Å². The molecule has 2 heterocycles. The highest BCUT2D eigenvalue weighted by atomic mass is 15.4. The van der Waals surface area contributed by atoms with Gasteiger partial charge in [0.05, 0.1) is 18.8 Å². The summed E-state index contributed by atoms with van der Waals surface area (Å²) >= 11 is 0. The first-order valence-electron chi connectivity index (χ1n) is 6.42. The Hall–Kier alpha value is -1.69. The number of aryl methyl sites for hydroxylation is 3. The van der Waals surface area contributed by atoms with Crippen LogP contribution in [0.5, 0.6) is 0 Å². The lowest BCUT2D eigenvalue weighted by atomic mass is 10.4. The Bertz CT molecular complexity index is 510. The molecule has 6 nitrogen and oxygen atoms in total. The van der Waals surface area contributed by atoms with Crippen molar-refractivity contribution in [2.24, 2.45) is 0 Å². The SMILES string of the molecule is Cc1ccnn1CCn1cc(CNC2CC2)nn1. The maximum absolute atomic E-state index is 4.25. The van der Waals surface area contributed by atoms with Crippen LogP contribution in [0, 0.1) is 6.92 Å². The van der Waals surface area contributed by atoms with E-state index in [1.807, 2.05) is 27.8 Å². The van der Waals surface area contributed by atoms with Gasteiger partial charge in [-0.05, 0) is 25.8 Å². The molecule has 0 unspecified atom stereocenters. The summed E-state index contributed by atoms with van der Waals surface area (Å²) in [6.07, 6.45) is 6.43. The molecular weight excluding hydrogens is 228 g/mol. The van der Waals surface area contributed by atoms with Crippen LogP contribution in [0.15, 0.2) is 18.5 Å². The van der Waals surface area contributed by atoms with Gasteiger partial charge in [0.25, 0.3) is 0 Å². The molecule has 3 rings (SSSR count). The smallest absolute Gasteiger partial charge is 0.0964 e. The van der Waals surface area contributed by atoms with Crippen LogP contribution in [-0.2, 0) is 19.6 Å². The highest BCUT2D eigenvalue weighted by Crippen LogP contribution is 2.18. The third-order valence-corrected chi connectivity index (χ3v) is 3.21. The molecular formula is C12H18N6. The molecule has 2 aromatic rings. The van der Waals surface area contributed by atoms with Crippen molar-refractivity contribution in [3.8, 4) is 0 Å². The lowest BCUT2D eigenvalue weighted by molar-refractivity contribution is 0.483. The zero-order valence-electron chi connectivity index (χ0n) is 10.6. The Morgan fingerprint density at radius 2 is 2.28 bits per heavy atom. The van der Waals surface area contributed by atoms with E-state index >= 15 is 0 Å². The first kappa shape index (κ1) is 11.4. The van der Waals surface area contributed by atoms with Gasteiger partial charge < -0.3 is 5.32 Å². The molecule has 0 amide bonds. The van der Waals surface area contributed by atoms with Gasteiger partial charge in [0, 0.05) is 30.7 Å². The summed E-state index contributed by atoms with van der Waals surface area (Å²) in [5.41, 5.74) is 2.19. The Labute approximate surface area is 106 Å². The third kappa shape index (κ3) is 2.76. The molecule has 0 bridgehead atoms. The van der Waals surface area contributed by atoms with Crippen molar-refractivity contribution in [3.05, 3.63) is 29.8 Å². The van der Waals surface area contributed by atoms with Crippen molar-refractivity contribution in [1.82, 2.24) is 30.1 Å². The molecule has 1 saturated carbocycles. The summed E-state index contributed by atoms with van der Waals surface area (Å²) in [6.45, 7) is 4.52. The van der Waals surface area contributed by atoms with Crippen molar-refractivity contribution in [2.45, 2.75) is 45.4 Å². The van der Waals surface area contributed by atoms with Crippen molar-refractivity contribution >= 4 is 0 Å². The second-order valence-electron chi connectivity index (χ2n) is 4.82. The minimum absolute atomic E-state index is 0.710. The molecule has 0 saturated heterocycles. The number of hydrogen-bond acceptors (Lipinski definition) is 4. The predicted molar refractivity (Wildman–Crippen MR) is 66.8 cm³/mol. The molecule has 0 atom stereocenters. The number of nitrogens with one attached hydrogen (secondary N) is 1. The standard InChI is InChI=1S/C12H18N6/c1-10-4-5-14-18(10)7-6-17-9-12(15-16-17)8-13-11-2-3-11/h4-5,9,11,13H,2-3,6-8H2,1H3. The van der Waals surface area contributed by atoms with E-state index in [9.17, 15) is 0 Å². The van der Waals surface area contributed by atoms with E-state index in [1.165, 1.54) is 18.5 Å². The van der Waals surface area contributed by atoms with Crippen molar-refractivity contribution in [3.63, 3.8) is 0 Å². The van der Waals surface area contributed by atoms with Crippen LogP contribution in [0.2, 0.25) is 0 Å². The van der Waals surface area contributed by atoms with Crippen molar-refractivity contribution in [1.29, 1.82) is 0 Å². The van der Waals surface area contributed by atoms with Crippen LogP contribution in [-0.4, -0.2) is 30.8 Å². The summed E-state index contributed by atoms with van der Waals surface area (Å²) in [6, 6.07) is 2.72. The first-order chi connectivity index (χ1) is 8.81. The van der Waals surface area contributed by atoms with Gasteiger partial charge in [0.1, 0.15) is 0 Å². The second kappa shape index (κ2) is 4.89. The number of nitrogens with zero attached hydrogens (tertiary/aromatic N) is 5. The zero-order chi connectivity index (χ0) is 12.4. The van der Waals surface area contributed by atoms with Gasteiger partial charge >= 0.3 is 0 Å². The van der Waals surface area contributed by atoms with E-state index in [1.54, 1.807) is 0 Å². The van der Waals surface area contributed by atoms with Crippen molar-refractivity contribution in [2.75, 3.05) is 0 Å². The Morgan fingerprint density at radius 3 is 3.00 bits per heavy atom. The lowest BCUT2D eigenvalue weighted by Crippen LogP contribution is -2.15. The fourth-order valence-corrected chi connectivity index (χ4v) is 1.90. The molecule has 0 aliphatic heterocycles. The Morgan fingerprint density at radius 1 is 1.39 bits per heavy atom. The Balaban J connectivity index is 1.51. The monoisotopic (exact) mass is 246 g/mol. The van der Waals surface area contributed by atoms with Crippen LogP contribution in [0.3, 0.4) is 0 Å². The zero-order valence-corrected chi connectivity index (χ0v) is 10.6. The summed E-state index contributed by atoms with van der Waals surface area (Å²) in [5, 5.41) is 16.0. The topological polar surface area (TPSA) is 60.6 Å². The van der Waals surface area contributed by atoms with Gasteiger partial charge in [-0.25, -0.2) is 0 Å². The van der Waals surface area contributed by atoms with E-state index in [2.05, 4.69) is 27.7 Å². The molecule has 0 aromatic carbocycles. The fourth-order valence-electron chi connectivity index (χ4n) is 1.90. The van der Waals surface area contributed by atoms with E-state index < -0.39 is 0 Å². The minimum atomic E-state index is 0.710. The summed E-state index contributed by atoms with van der Waals surface area (Å²) in [4.78, 5) is 0. The molecule has 1 aliphatic carbocycles. The van der Waals surface area contributed by atoms with Gasteiger partial charge in [-0.2, -0.15) is 5.10 Å². The normalized spacial score (nSPS) is 15.2. The summed E-state index contributed by atoms with van der Waals surface area (Å²) in [7, 11) is 0. The average Bonchev–Trinajstić information content (AvgIpc) is 2.94. The second-order valence-corrected chi connectivity index (χ2v) is 4.82. The fraction of sp³-hybridized carbons (Fsp3) is 0.583. The van der Waals surface area contributed by atoms with Gasteiger partial charge in [0.2, 0.25) is 0 Å². The third-order valence-electron chi connectivity index (χ3n) is 3.21. The number of hydrogen-bond donors (Lipinski definition) is 1. The summed E-state index contributed by atoms with van der Waals surface area (Å²) in [5.74, 6) is 0. The van der Waals surface area contributed by atoms with Gasteiger partial charge in [-0.3, -0.25) is 9.36 Å². The highest BCUT2D eigenvalue weighted by molar-refractivity contribution is 4.97. The number of aromatic nitrogens is 5. The van der Waals surface area contributed by atoms with Gasteiger partial charge in [0.15, 0.2) is 0 Å². The molecule has 18 heavy (non-hydrogen) atoms. The summed E-state index contributed by atoms with van der Waals surface area (Å²) < 4.78 is 3.86. The molecule has 0 radical (unpaired) electrons. The highest BCUT2D eigenvalue weighted by Gasteiger charge is 2.20. The lowest BCUT2D eigenvalue weighted by Gasteiger charge is -2.03. The first-order valence-corrected chi connectivity index (χ1v) is 6.42.